The number of hydrogen-bond donors (Lipinski definition) is 2. The summed E-state index contributed by atoms with van der Waals surface area (Å²) in [6, 6.07) is 9.12. The van der Waals surface area contributed by atoms with Gasteiger partial charge in [0.05, 0.1) is 40.2 Å². The van der Waals surface area contributed by atoms with E-state index in [1.165, 1.54) is 60.3 Å². The number of amides is 4. The van der Waals surface area contributed by atoms with Crippen LogP contribution in [0, 0.1) is 16.7 Å². The van der Waals surface area contributed by atoms with Gasteiger partial charge >= 0.3 is 12.2 Å². The van der Waals surface area contributed by atoms with Crippen molar-refractivity contribution in [3.8, 4) is 6.07 Å². The Bertz CT molecular complexity index is 1520. The highest BCUT2D eigenvalue weighted by molar-refractivity contribution is 6.11. The molecule has 0 fully saturated rings. The summed E-state index contributed by atoms with van der Waals surface area (Å²) in [6.07, 6.45) is -2.06. The van der Waals surface area contributed by atoms with E-state index in [4.69, 9.17) is 5.41 Å². The van der Waals surface area contributed by atoms with E-state index in [1.54, 1.807) is 7.05 Å². The zero-order chi connectivity index (χ0) is 29.4. The number of nitrogens with zero attached hydrogens (tertiary/aromatic N) is 4. The number of nitriles is 1. The van der Waals surface area contributed by atoms with Crippen LogP contribution in [-0.4, -0.2) is 61.0 Å². The second-order valence-electron chi connectivity index (χ2n) is 9.29. The molecule has 0 saturated heterocycles. The molecule has 0 radical (unpaired) electrons. The summed E-state index contributed by atoms with van der Waals surface area (Å²) in [4.78, 5) is 43.0. The fourth-order valence-electron chi connectivity index (χ4n) is 4.80. The quantitative estimate of drug-likeness (QED) is 0.432. The molecule has 2 heterocycles. The molecule has 0 saturated carbocycles. The van der Waals surface area contributed by atoms with Crippen molar-refractivity contribution < 1.29 is 27.6 Å². The van der Waals surface area contributed by atoms with Crippen LogP contribution in [0.4, 0.5) is 23.7 Å². The van der Waals surface area contributed by atoms with E-state index >= 15 is 0 Å². The van der Waals surface area contributed by atoms with Gasteiger partial charge in [-0.2, -0.15) is 18.4 Å². The molecule has 2 aliphatic heterocycles. The van der Waals surface area contributed by atoms with Crippen LogP contribution in [-0.2, 0) is 15.8 Å². The normalized spacial score (nSPS) is 17.7. The largest absolute Gasteiger partial charge is 0.416 e. The molecule has 2 aromatic rings. The Hall–Kier alpha value is -4.92. The fraction of sp³-hybridized carbons (Fsp3) is 0.250. The molecule has 2 N–H and O–H groups in total. The van der Waals surface area contributed by atoms with Gasteiger partial charge in [-0.1, -0.05) is 12.1 Å². The molecular formula is C28H25F3N6O3. The van der Waals surface area contributed by atoms with Crippen molar-refractivity contribution in [1.82, 2.24) is 15.1 Å². The van der Waals surface area contributed by atoms with Gasteiger partial charge in [0.1, 0.15) is 0 Å². The Morgan fingerprint density at radius 2 is 1.88 bits per heavy atom. The average molecular weight is 551 g/mol. The van der Waals surface area contributed by atoms with Crippen molar-refractivity contribution in [3.05, 3.63) is 88.1 Å². The molecule has 1 atom stereocenters. The Morgan fingerprint density at radius 1 is 1.15 bits per heavy atom. The number of allylic oxidation sites excluding steroid dienone is 1. The zero-order valence-electron chi connectivity index (χ0n) is 21.8. The molecule has 9 nitrogen and oxygen atoms in total. The number of alkyl halides is 3. The summed E-state index contributed by atoms with van der Waals surface area (Å²) < 4.78 is 40.5. The Morgan fingerprint density at radius 3 is 2.52 bits per heavy atom. The smallest absolute Gasteiger partial charge is 0.356 e. The van der Waals surface area contributed by atoms with Crippen LogP contribution in [0.25, 0.3) is 0 Å². The van der Waals surface area contributed by atoms with Crippen molar-refractivity contribution in [1.29, 1.82) is 10.7 Å². The van der Waals surface area contributed by atoms with E-state index < -0.39 is 35.6 Å². The highest BCUT2D eigenvalue weighted by Gasteiger charge is 2.45. The average Bonchev–Trinajstić information content (AvgIpc) is 2.94. The van der Waals surface area contributed by atoms with Crippen molar-refractivity contribution in [3.63, 3.8) is 0 Å². The lowest BCUT2D eigenvalue weighted by Gasteiger charge is -2.45. The first-order chi connectivity index (χ1) is 18.9. The lowest BCUT2D eigenvalue weighted by molar-refractivity contribution is -0.137. The van der Waals surface area contributed by atoms with E-state index in [9.17, 15) is 32.8 Å². The monoisotopic (exact) mass is 550 g/mol. The van der Waals surface area contributed by atoms with Crippen molar-refractivity contribution in [2.24, 2.45) is 0 Å². The summed E-state index contributed by atoms with van der Waals surface area (Å²) in [6.45, 7) is 0.238. The molecule has 40 heavy (non-hydrogen) atoms. The van der Waals surface area contributed by atoms with Crippen LogP contribution in [0.5, 0.6) is 0 Å². The number of rotatable bonds is 5. The Balaban J connectivity index is 1.94. The molecule has 4 rings (SSSR count). The highest BCUT2D eigenvalue weighted by atomic mass is 19.4. The van der Waals surface area contributed by atoms with Crippen LogP contribution >= 0.6 is 0 Å². The van der Waals surface area contributed by atoms with E-state index in [1.807, 2.05) is 6.07 Å². The first-order valence-electron chi connectivity index (χ1n) is 12.1. The molecule has 0 bridgehead atoms. The number of anilines is 1. The molecule has 12 heteroatoms. The summed E-state index contributed by atoms with van der Waals surface area (Å²) in [7, 11) is 4.43. The second-order valence-corrected chi connectivity index (χ2v) is 9.29. The number of hydrogen-bond acceptors (Lipinski definition) is 5. The topological polar surface area (TPSA) is 121 Å². The van der Waals surface area contributed by atoms with Gasteiger partial charge in [0.15, 0.2) is 0 Å². The molecule has 206 valence electrons. The highest BCUT2D eigenvalue weighted by Crippen LogP contribution is 2.44. The van der Waals surface area contributed by atoms with Crippen LogP contribution < -0.4 is 10.2 Å². The molecule has 1 unspecified atom stereocenters. The second kappa shape index (κ2) is 10.7. The molecule has 2 aliphatic rings. The maximum absolute atomic E-state index is 13.8. The molecule has 0 aromatic heterocycles. The minimum atomic E-state index is -4.64. The van der Waals surface area contributed by atoms with Gasteiger partial charge in [0.2, 0.25) is 5.91 Å². The first kappa shape index (κ1) is 28.1. The Kier molecular flexibility index (Phi) is 7.51. The molecule has 4 amide bonds. The summed E-state index contributed by atoms with van der Waals surface area (Å²) >= 11 is 0. The summed E-state index contributed by atoms with van der Waals surface area (Å²) in [5.41, 5.74) is 0.0983. The van der Waals surface area contributed by atoms with Crippen molar-refractivity contribution >= 4 is 29.2 Å². The lowest BCUT2D eigenvalue weighted by Crippen LogP contribution is -2.53. The molecule has 2 aromatic carbocycles. The van der Waals surface area contributed by atoms with Gasteiger partial charge in [-0.25, -0.2) is 4.79 Å². The number of nitrogens with one attached hydrogen (secondary N) is 2. The predicted octanol–water partition coefficient (Wildman–Crippen LogP) is 3.98. The van der Waals surface area contributed by atoms with Crippen LogP contribution in [0.15, 0.2) is 65.9 Å². The van der Waals surface area contributed by atoms with E-state index in [2.05, 4.69) is 5.32 Å². The van der Waals surface area contributed by atoms with Gasteiger partial charge in [-0.15, -0.1) is 0 Å². The maximum Gasteiger partial charge on any atom is 0.416 e. The SMILES string of the molecule is CNC(=O)/C=C\C(=N)c1cc(C#N)ccc1C1C2=C(CCN(C)C2=O)N(c2cccc(C(F)(F)F)c2)C(=O)N1C. The number of carbonyl (C=O) groups is 3. The zero-order valence-corrected chi connectivity index (χ0v) is 21.8. The number of likely N-dealkylation sites (N-methyl/N-ethyl adjacent to an activating group) is 3. The van der Waals surface area contributed by atoms with Gasteiger partial charge in [-0.3, -0.25) is 14.5 Å². The number of carbonyl (C=O) groups excluding carboxylic acids is 3. The minimum absolute atomic E-state index is 0.0312. The number of halogens is 3. The number of urea groups is 1. The van der Waals surface area contributed by atoms with Gasteiger partial charge in [0, 0.05) is 51.4 Å². The Labute approximate surface area is 228 Å². The van der Waals surface area contributed by atoms with E-state index in [0.29, 0.717) is 5.56 Å². The van der Waals surface area contributed by atoms with Gasteiger partial charge < -0.3 is 20.5 Å². The van der Waals surface area contributed by atoms with Crippen LogP contribution in [0.3, 0.4) is 0 Å². The summed E-state index contributed by atoms with van der Waals surface area (Å²) in [5, 5.41) is 20.5. The van der Waals surface area contributed by atoms with E-state index in [-0.39, 0.29) is 46.8 Å². The van der Waals surface area contributed by atoms with Gasteiger partial charge in [-0.05, 0) is 42.0 Å². The minimum Gasteiger partial charge on any atom is -0.356 e. The fourth-order valence-corrected chi connectivity index (χ4v) is 4.80. The van der Waals surface area contributed by atoms with Gasteiger partial charge in [0.25, 0.3) is 5.91 Å². The van der Waals surface area contributed by atoms with Crippen molar-refractivity contribution in [2.45, 2.75) is 18.6 Å². The number of benzene rings is 2. The first-order valence-corrected chi connectivity index (χ1v) is 12.1. The van der Waals surface area contributed by atoms with Crippen molar-refractivity contribution in [2.75, 3.05) is 32.6 Å². The van der Waals surface area contributed by atoms with Crippen LogP contribution in [0.2, 0.25) is 0 Å². The molecular weight excluding hydrogens is 525 g/mol. The summed E-state index contributed by atoms with van der Waals surface area (Å²) in [5.74, 6) is -0.885. The lowest BCUT2D eigenvalue weighted by atomic mass is 9.85. The predicted molar refractivity (Wildman–Crippen MR) is 140 cm³/mol. The molecule has 0 aliphatic carbocycles. The molecule has 0 spiro atoms. The standard InChI is InChI=1S/C28H25F3N6O3/c1-34-23(38)10-9-21(33)20-13-16(15-32)7-8-19(20)25-24-22(11-12-35(2)26(24)39)37(27(40)36(25)3)18-6-4-5-17(14-18)28(29,30)31/h4-10,13-14,25,33H,11-12H2,1-3H3,(H,34,38)/b10-9-,33-21?. The maximum atomic E-state index is 13.8. The van der Waals surface area contributed by atoms with Crippen LogP contribution in [0.1, 0.15) is 34.7 Å². The third kappa shape index (κ3) is 5.05. The third-order valence-corrected chi connectivity index (χ3v) is 6.84. The third-order valence-electron chi connectivity index (χ3n) is 6.84. The van der Waals surface area contributed by atoms with E-state index in [0.717, 1.165) is 23.1 Å².